The molecule has 0 aromatic carbocycles. The zero-order valence-corrected chi connectivity index (χ0v) is 12.2. The number of nitrogens with zero attached hydrogens (tertiary/aromatic N) is 1. The van der Waals surface area contributed by atoms with E-state index in [9.17, 15) is 0 Å². The molecule has 0 saturated heterocycles. The van der Waals surface area contributed by atoms with Gasteiger partial charge >= 0.3 is 0 Å². The molecule has 0 aliphatic carbocycles. The molecule has 0 aliphatic heterocycles. The highest BCUT2D eigenvalue weighted by molar-refractivity contribution is 7.14. The van der Waals surface area contributed by atoms with Gasteiger partial charge in [0, 0.05) is 23.4 Å². The molecule has 0 amide bonds. The van der Waals surface area contributed by atoms with Gasteiger partial charge in [0.25, 0.3) is 0 Å². The van der Waals surface area contributed by atoms with Gasteiger partial charge in [-0.2, -0.15) is 0 Å². The third-order valence-corrected chi connectivity index (χ3v) is 3.74. The van der Waals surface area contributed by atoms with E-state index in [-0.39, 0.29) is 0 Å². The quantitative estimate of drug-likeness (QED) is 0.793. The average molecular weight is 284 g/mol. The van der Waals surface area contributed by atoms with Crippen LogP contribution in [-0.4, -0.2) is 22.6 Å². The van der Waals surface area contributed by atoms with E-state index >= 15 is 0 Å². The Labute approximate surface area is 117 Å². The van der Waals surface area contributed by atoms with Crippen LogP contribution in [0.4, 0.5) is 0 Å². The van der Waals surface area contributed by atoms with E-state index in [1.54, 1.807) is 11.3 Å². The molecular weight excluding hydrogens is 266 g/mol. The molecular formula is C13H18ClN3S. The van der Waals surface area contributed by atoms with Gasteiger partial charge in [0.15, 0.2) is 0 Å². The normalized spacial score (nSPS) is 11.3. The molecule has 0 atom stereocenters. The lowest BCUT2D eigenvalue weighted by Crippen LogP contribution is -2.24. The van der Waals surface area contributed by atoms with Gasteiger partial charge in [0.05, 0.1) is 16.2 Å². The number of aryl methyl sites for hydroxylation is 1. The Hall–Kier alpha value is -0.840. The smallest absolute Gasteiger partial charge is 0.106 e. The van der Waals surface area contributed by atoms with Crippen molar-refractivity contribution in [1.29, 1.82) is 0 Å². The second kappa shape index (κ2) is 6.36. The Balaban J connectivity index is 1.86. The third-order valence-electron chi connectivity index (χ3n) is 2.65. The minimum atomic E-state index is 0.546. The van der Waals surface area contributed by atoms with Gasteiger partial charge in [-0.3, -0.25) is 0 Å². The van der Waals surface area contributed by atoms with Gasteiger partial charge in [-0.1, -0.05) is 25.4 Å². The molecule has 18 heavy (non-hydrogen) atoms. The fraction of sp³-hybridized carbons (Fsp3) is 0.462. The van der Waals surface area contributed by atoms with Gasteiger partial charge in [-0.15, -0.1) is 11.3 Å². The SMILES string of the molecule is CC(C)NCCCc1ncc(-c2csc(Cl)c2)[nH]1. The zero-order valence-electron chi connectivity index (χ0n) is 10.7. The van der Waals surface area contributed by atoms with E-state index in [2.05, 4.69) is 29.1 Å². The molecule has 2 heterocycles. The number of nitrogens with one attached hydrogen (secondary N) is 2. The molecule has 3 nitrogen and oxygen atoms in total. The topological polar surface area (TPSA) is 40.7 Å². The van der Waals surface area contributed by atoms with E-state index < -0.39 is 0 Å². The molecule has 0 fully saturated rings. The summed E-state index contributed by atoms with van der Waals surface area (Å²) >= 11 is 7.47. The molecule has 0 aliphatic rings. The Morgan fingerprint density at radius 1 is 1.50 bits per heavy atom. The minimum Gasteiger partial charge on any atom is -0.342 e. The van der Waals surface area contributed by atoms with Gasteiger partial charge in [0.1, 0.15) is 5.82 Å². The number of hydrogen-bond acceptors (Lipinski definition) is 3. The van der Waals surface area contributed by atoms with Gasteiger partial charge in [-0.05, 0) is 19.0 Å². The van der Waals surface area contributed by atoms with Crippen molar-refractivity contribution in [3.05, 3.63) is 27.8 Å². The van der Waals surface area contributed by atoms with Crippen molar-refractivity contribution >= 4 is 22.9 Å². The lowest BCUT2D eigenvalue weighted by molar-refractivity contribution is 0.567. The van der Waals surface area contributed by atoms with E-state index in [1.165, 1.54) is 0 Å². The fourth-order valence-electron chi connectivity index (χ4n) is 1.73. The highest BCUT2D eigenvalue weighted by Gasteiger charge is 2.05. The van der Waals surface area contributed by atoms with Crippen LogP contribution in [0.1, 0.15) is 26.1 Å². The first-order chi connectivity index (χ1) is 8.65. The van der Waals surface area contributed by atoms with Crippen LogP contribution < -0.4 is 5.32 Å². The Morgan fingerprint density at radius 2 is 2.33 bits per heavy atom. The van der Waals surface area contributed by atoms with Crippen molar-refractivity contribution in [1.82, 2.24) is 15.3 Å². The molecule has 2 aromatic heterocycles. The maximum absolute atomic E-state index is 5.93. The predicted octanol–water partition coefficient (Wildman–Crippen LogP) is 3.72. The summed E-state index contributed by atoms with van der Waals surface area (Å²) in [4.78, 5) is 7.74. The summed E-state index contributed by atoms with van der Waals surface area (Å²) in [7, 11) is 0. The summed E-state index contributed by atoms with van der Waals surface area (Å²) < 4.78 is 0.808. The molecule has 2 N–H and O–H groups in total. The second-order valence-electron chi connectivity index (χ2n) is 4.60. The maximum atomic E-state index is 5.93. The van der Waals surface area contributed by atoms with Crippen LogP contribution in [0.5, 0.6) is 0 Å². The lowest BCUT2D eigenvalue weighted by atomic mass is 10.2. The number of aromatic amines is 1. The average Bonchev–Trinajstić information content (AvgIpc) is 2.93. The highest BCUT2D eigenvalue weighted by atomic mass is 35.5. The first-order valence-corrected chi connectivity index (χ1v) is 7.42. The zero-order chi connectivity index (χ0) is 13.0. The van der Waals surface area contributed by atoms with Gasteiger partial charge in [-0.25, -0.2) is 4.98 Å². The number of rotatable bonds is 6. The second-order valence-corrected chi connectivity index (χ2v) is 6.14. The number of hydrogen-bond donors (Lipinski definition) is 2. The minimum absolute atomic E-state index is 0.546. The predicted molar refractivity (Wildman–Crippen MR) is 78.4 cm³/mol. The van der Waals surface area contributed by atoms with Crippen LogP contribution in [0.25, 0.3) is 11.3 Å². The highest BCUT2D eigenvalue weighted by Crippen LogP contribution is 2.27. The van der Waals surface area contributed by atoms with E-state index in [4.69, 9.17) is 11.6 Å². The van der Waals surface area contributed by atoms with Crippen molar-refractivity contribution in [3.63, 3.8) is 0 Å². The van der Waals surface area contributed by atoms with Crippen molar-refractivity contribution in [3.8, 4) is 11.3 Å². The van der Waals surface area contributed by atoms with Crippen LogP contribution in [0, 0.1) is 0 Å². The van der Waals surface area contributed by atoms with E-state index in [0.29, 0.717) is 6.04 Å². The molecule has 2 aromatic rings. The first-order valence-electron chi connectivity index (χ1n) is 6.17. The van der Waals surface area contributed by atoms with Crippen molar-refractivity contribution in [2.45, 2.75) is 32.7 Å². The lowest BCUT2D eigenvalue weighted by Gasteiger charge is -2.06. The van der Waals surface area contributed by atoms with Crippen LogP contribution in [-0.2, 0) is 6.42 Å². The number of imidazole rings is 1. The molecule has 0 spiro atoms. The summed E-state index contributed by atoms with van der Waals surface area (Å²) in [6.07, 6.45) is 3.94. The summed E-state index contributed by atoms with van der Waals surface area (Å²) in [6.45, 7) is 5.34. The molecule has 98 valence electrons. The van der Waals surface area contributed by atoms with Crippen LogP contribution >= 0.6 is 22.9 Å². The third kappa shape index (κ3) is 3.83. The Bertz CT molecular complexity index is 490. The molecule has 0 bridgehead atoms. The van der Waals surface area contributed by atoms with Crippen LogP contribution in [0.2, 0.25) is 4.34 Å². The molecule has 0 radical (unpaired) electrons. The Morgan fingerprint density at radius 3 is 3.00 bits per heavy atom. The van der Waals surface area contributed by atoms with Crippen LogP contribution in [0.3, 0.4) is 0 Å². The van der Waals surface area contributed by atoms with Crippen LogP contribution in [0.15, 0.2) is 17.6 Å². The standard InChI is InChI=1S/C13H18ClN3S/c1-9(2)15-5-3-4-13-16-7-11(17-13)10-6-12(14)18-8-10/h6-9,15H,3-5H2,1-2H3,(H,16,17). The largest absolute Gasteiger partial charge is 0.342 e. The molecule has 2 rings (SSSR count). The summed E-state index contributed by atoms with van der Waals surface area (Å²) in [5.41, 5.74) is 2.16. The van der Waals surface area contributed by atoms with Crippen molar-refractivity contribution < 1.29 is 0 Å². The Kier molecular flexibility index (Phi) is 4.80. The number of aromatic nitrogens is 2. The summed E-state index contributed by atoms with van der Waals surface area (Å²) in [5, 5.41) is 5.44. The molecule has 0 saturated carbocycles. The molecule has 5 heteroatoms. The monoisotopic (exact) mass is 283 g/mol. The fourth-order valence-corrected chi connectivity index (χ4v) is 2.61. The van der Waals surface area contributed by atoms with Crippen molar-refractivity contribution in [2.24, 2.45) is 0 Å². The van der Waals surface area contributed by atoms with E-state index in [0.717, 1.165) is 40.8 Å². The van der Waals surface area contributed by atoms with Crippen molar-refractivity contribution in [2.75, 3.05) is 6.54 Å². The number of thiophene rings is 1. The van der Waals surface area contributed by atoms with E-state index in [1.807, 2.05) is 17.6 Å². The van der Waals surface area contributed by atoms with Gasteiger partial charge < -0.3 is 10.3 Å². The summed E-state index contributed by atoms with van der Waals surface area (Å²) in [5.74, 6) is 1.04. The summed E-state index contributed by atoms with van der Waals surface area (Å²) in [6, 6.07) is 2.51. The van der Waals surface area contributed by atoms with Gasteiger partial charge in [0.2, 0.25) is 0 Å². The first kappa shape index (κ1) is 13.6. The number of halogens is 1. The maximum Gasteiger partial charge on any atom is 0.106 e. The molecule has 0 unspecified atom stereocenters. The number of H-pyrrole nitrogens is 1.